The molecule has 0 amide bonds. The van der Waals surface area contributed by atoms with Gasteiger partial charge in [-0.3, -0.25) is 0 Å². The minimum absolute atomic E-state index is 0.324. The average Bonchev–Trinajstić information content (AvgIpc) is 3.15. The van der Waals surface area contributed by atoms with Gasteiger partial charge in [0.15, 0.2) is 5.15 Å². The molecule has 2 aliphatic rings. The van der Waals surface area contributed by atoms with Crippen molar-refractivity contribution < 1.29 is 4.74 Å². The highest BCUT2D eigenvalue weighted by atomic mass is 35.5. The predicted octanol–water partition coefficient (Wildman–Crippen LogP) is 4.34. The molecular weight excluding hydrogens is 437 g/mol. The molecule has 2 aromatic heterocycles. The lowest BCUT2D eigenvalue weighted by Gasteiger charge is -2.39. The first kappa shape index (κ1) is 20.3. The van der Waals surface area contributed by atoms with Crippen LogP contribution in [0.5, 0.6) is 11.8 Å². The zero-order valence-electron chi connectivity index (χ0n) is 17.3. The molecule has 1 aliphatic heterocycles. The highest BCUT2D eigenvalue weighted by Crippen LogP contribution is 2.40. The first-order chi connectivity index (χ1) is 14.9. The molecule has 1 saturated carbocycles. The third-order valence-electron chi connectivity index (χ3n) is 6.05. The van der Waals surface area contributed by atoms with Crippen LogP contribution in [0.15, 0.2) is 30.5 Å². The number of piperidine rings is 1. The second kappa shape index (κ2) is 8.16. The van der Waals surface area contributed by atoms with Crippen molar-refractivity contribution in [2.45, 2.75) is 25.8 Å². The summed E-state index contributed by atoms with van der Waals surface area (Å²) in [6.45, 7) is 3.85. The molecule has 1 aromatic carbocycles. The van der Waals surface area contributed by atoms with E-state index in [1.807, 2.05) is 32.2 Å². The van der Waals surface area contributed by atoms with Gasteiger partial charge in [0.2, 0.25) is 5.95 Å². The van der Waals surface area contributed by atoms with Gasteiger partial charge in [0.05, 0.1) is 11.9 Å². The summed E-state index contributed by atoms with van der Waals surface area (Å²) in [6, 6.07) is 8.20. The van der Waals surface area contributed by atoms with Crippen LogP contribution in [0, 0.1) is 18.8 Å². The van der Waals surface area contributed by atoms with Crippen LogP contribution >= 0.6 is 23.2 Å². The number of nitrogens with zero attached hydrogens (tertiary/aromatic N) is 6. The van der Waals surface area contributed by atoms with Gasteiger partial charge in [-0.15, -0.1) is 10.2 Å². The number of rotatable bonds is 5. The van der Waals surface area contributed by atoms with E-state index in [1.165, 1.54) is 12.8 Å². The number of fused-ring (bicyclic) bond motifs is 2. The van der Waals surface area contributed by atoms with Crippen LogP contribution in [0.1, 0.15) is 18.4 Å². The van der Waals surface area contributed by atoms with E-state index in [4.69, 9.17) is 27.9 Å². The van der Waals surface area contributed by atoms with Gasteiger partial charge in [-0.25, -0.2) is 4.68 Å². The average molecular weight is 460 g/mol. The molecule has 10 heteroatoms. The molecule has 2 bridgehead atoms. The number of aryl methyl sites for hydroxylation is 2. The number of nitrogens with one attached hydrogen (secondary N) is 1. The maximum absolute atomic E-state index is 6.14. The van der Waals surface area contributed by atoms with E-state index in [0.29, 0.717) is 45.8 Å². The van der Waals surface area contributed by atoms with Gasteiger partial charge in [-0.05, 0) is 55.4 Å². The fourth-order valence-corrected chi connectivity index (χ4v) is 5.14. The van der Waals surface area contributed by atoms with Crippen LogP contribution in [0.3, 0.4) is 0 Å². The van der Waals surface area contributed by atoms with Gasteiger partial charge in [-0.1, -0.05) is 23.2 Å². The van der Waals surface area contributed by atoms with Gasteiger partial charge in [0.25, 0.3) is 0 Å². The molecule has 31 heavy (non-hydrogen) atoms. The first-order valence-electron chi connectivity index (χ1n) is 10.3. The summed E-state index contributed by atoms with van der Waals surface area (Å²) in [4.78, 5) is 6.92. The van der Waals surface area contributed by atoms with E-state index >= 15 is 0 Å². The fraction of sp³-hybridized carbons (Fsp3) is 0.429. The number of hydrogen-bond donors (Lipinski definition) is 1. The molecule has 3 heterocycles. The Kier molecular flexibility index (Phi) is 5.35. The molecule has 162 valence electrons. The fourth-order valence-electron chi connectivity index (χ4n) is 4.71. The summed E-state index contributed by atoms with van der Waals surface area (Å²) >= 11 is 12.2. The van der Waals surface area contributed by atoms with E-state index in [0.717, 1.165) is 24.3 Å². The molecule has 1 aliphatic carbocycles. The SMILES string of the molecule is Cc1cc(Cl)cc(Oc2nc(N[C@@H]3[C@@H]4CC[C@H]3CN(c3cnnc(Cl)c3)C4)nn2C)c1. The second-order valence-corrected chi connectivity index (χ2v) is 9.14. The van der Waals surface area contributed by atoms with Crippen molar-refractivity contribution in [3.8, 4) is 11.8 Å². The normalized spacial score (nSPS) is 22.6. The molecule has 5 rings (SSSR count). The number of benzene rings is 1. The summed E-state index contributed by atoms with van der Waals surface area (Å²) in [5.74, 6) is 2.22. The summed E-state index contributed by atoms with van der Waals surface area (Å²) < 4.78 is 7.57. The van der Waals surface area contributed by atoms with Crippen molar-refractivity contribution >= 4 is 34.8 Å². The Morgan fingerprint density at radius 2 is 1.87 bits per heavy atom. The van der Waals surface area contributed by atoms with E-state index in [2.05, 4.69) is 30.5 Å². The summed E-state index contributed by atoms with van der Waals surface area (Å²) in [5, 5.41) is 17.0. The van der Waals surface area contributed by atoms with Crippen molar-refractivity contribution in [3.63, 3.8) is 0 Å². The summed E-state index contributed by atoms with van der Waals surface area (Å²) in [6.07, 6.45) is 4.12. The predicted molar refractivity (Wildman–Crippen MR) is 120 cm³/mol. The largest absolute Gasteiger partial charge is 0.424 e. The molecule has 0 spiro atoms. The minimum atomic E-state index is 0.324. The van der Waals surface area contributed by atoms with Crippen LogP contribution in [0.4, 0.5) is 11.6 Å². The zero-order valence-corrected chi connectivity index (χ0v) is 18.8. The van der Waals surface area contributed by atoms with Crippen molar-refractivity contribution in [2.24, 2.45) is 18.9 Å². The van der Waals surface area contributed by atoms with E-state index < -0.39 is 0 Å². The highest BCUT2D eigenvalue weighted by Gasteiger charge is 2.42. The number of ether oxygens (including phenoxy) is 1. The Balaban J connectivity index is 1.28. The summed E-state index contributed by atoms with van der Waals surface area (Å²) in [5.41, 5.74) is 2.05. The molecule has 1 saturated heterocycles. The number of aromatic nitrogens is 5. The molecule has 0 radical (unpaired) electrons. The molecule has 0 unspecified atom stereocenters. The third-order valence-corrected chi connectivity index (χ3v) is 6.46. The van der Waals surface area contributed by atoms with E-state index in [-0.39, 0.29) is 0 Å². The quantitative estimate of drug-likeness (QED) is 0.607. The topological polar surface area (TPSA) is 81.0 Å². The monoisotopic (exact) mass is 459 g/mol. The minimum Gasteiger partial charge on any atom is -0.424 e. The lowest BCUT2D eigenvalue weighted by atomic mass is 9.92. The van der Waals surface area contributed by atoms with Crippen molar-refractivity contribution in [2.75, 3.05) is 23.3 Å². The van der Waals surface area contributed by atoms with Gasteiger partial charge in [-0.2, -0.15) is 10.1 Å². The van der Waals surface area contributed by atoms with Gasteiger partial charge < -0.3 is 15.0 Å². The lowest BCUT2D eigenvalue weighted by molar-refractivity contribution is 0.376. The van der Waals surface area contributed by atoms with Crippen LogP contribution < -0.4 is 15.0 Å². The van der Waals surface area contributed by atoms with Crippen molar-refractivity contribution in [3.05, 3.63) is 46.2 Å². The standard InChI is InChI=1S/C21H23Cl2N7O/c1-12-5-15(22)7-17(6-12)31-21-26-20(28-29(21)2)25-19-13-3-4-14(19)11-30(10-13)16-8-18(23)27-24-9-16/h5-9,13-14,19H,3-4,10-11H2,1-2H3,(H,25,28)/t13-,14+,19-. The van der Waals surface area contributed by atoms with Gasteiger partial charge in [0.1, 0.15) is 5.75 Å². The Hall–Kier alpha value is -2.58. The second-order valence-electron chi connectivity index (χ2n) is 8.32. The third kappa shape index (κ3) is 4.27. The zero-order chi connectivity index (χ0) is 21.5. The van der Waals surface area contributed by atoms with Crippen LogP contribution in [-0.4, -0.2) is 44.1 Å². The van der Waals surface area contributed by atoms with Gasteiger partial charge in [0, 0.05) is 37.3 Å². The summed E-state index contributed by atoms with van der Waals surface area (Å²) in [7, 11) is 1.82. The van der Waals surface area contributed by atoms with Crippen molar-refractivity contribution in [1.82, 2.24) is 25.0 Å². The molecule has 8 nitrogen and oxygen atoms in total. The molecule has 1 N–H and O–H groups in total. The number of hydrogen-bond acceptors (Lipinski definition) is 7. The number of anilines is 2. The molecular formula is C21H23Cl2N7O. The highest BCUT2D eigenvalue weighted by molar-refractivity contribution is 6.30. The Morgan fingerprint density at radius 1 is 1.10 bits per heavy atom. The maximum atomic E-state index is 6.14. The van der Waals surface area contributed by atoms with Crippen LogP contribution in [-0.2, 0) is 7.05 Å². The first-order valence-corrected chi connectivity index (χ1v) is 11.1. The number of halogens is 2. The van der Waals surface area contributed by atoms with Crippen LogP contribution in [0.2, 0.25) is 10.2 Å². The maximum Gasteiger partial charge on any atom is 0.321 e. The molecule has 2 fully saturated rings. The van der Waals surface area contributed by atoms with Crippen molar-refractivity contribution in [1.29, 1.82) is 0 Å². The lowest BCUT2D eigenvalue weighted by Crippen LogP contribution is -2.48. The van der Waals surface area contributed by atoms with E-state index in [1.54, 1.807) is 16.9 Å². The van der Waals surface area contributed by atoms with Gasteiger partial charge >= 0.3 is 6.01 Å². The molecule has 3 atom stereocenters. The van der Waals surface area contributed by atoms with E-state index in [9.17, 15) is 0 Å². The Morgan fingerprint density at radius 3 is 2.58 bits per heavy atom. The smallest absolute Gasteiger partial charge is 0.321 e. The molecule has 3 aromatic rings. The Labute approximate surface area is 190 Å². The van der Waals surface area contributed by atoms with Crippen LogP contribution in [0.25, 0.3) is 0 Å². The Bertz CT molecular complexity index is 1070.